The number of hydrogen-bond acceptors (Lipinski definition) is 5. The number of carboxylic acids is 1. The fourth-order valence-corrected chi connectivity index (χ4v) is 0.641. The first kappa shape index (κ1) is 12.2. The summed E-state index contributed by atoms with van der Waals surface area (Å²) in [6, 6.07) is 0. The molecule has 0 heterocycles. The van der Waals surface area contributed by atoms with Gasteiger partial charge >= 0.3 is 17.9 Å². The van der Waals surface area contributed by atoms with Crippen LogP contribution in [0.4, 0.5) is 0 Å². The van der Waals surface area contributed by atoms with Gasteiger partial charge in [-0.1, -0.05) is 0 Å². The van der Waals surface area contributed by atoms with Crippen LogP contribution < -0.4 is 0 Å². The van der Waals surface area contributed by atoms with Crippen molar-refractivity contribution in [2.24, 2.45) is 0 Å². The molecule has 0 fully saturated rings. The summed E-state index contributed by atoms with van der Waals surface area (Å²) >= 11 is 0. The Morgan fingerprint density at radius 1 is 1.36 bits per heavy atom. The molecular formula is C8H10O6. The topological polar surface area (TPSA) is 89.9 Å². The van der Waals surface area contributed by atoms with Crippen LogP contribution in [0.1, 0.15) is 13.3 Å². The lowest BCUT2D eigenvalue weighted by Gasteiger charge is -2.03. The second kappa shape index (κ2) is 5.74. The largest absolute Gasteiger partial charge is 0.481 e. The van der Waals surface area contributed by atoms with Gasteiger partial charge in [0.25, 0.3) is 0 Å². The Morgan fingerprint density at radius 3 is 2.29 bits per heavy atom. The molecule has 6 heteroatoms. The molecule has 0 bridgehead atoms. The summed E-state index contributed by atoms with van der Waals surface area (Å²) in [5.74, 6) is -2.93. The zero-order valence-electron chi connectivity index (χ0n) is 7.77. The Bertz CT molecular complexity index is 260. The number of carbonyl (C=O) groups excluding carboxylic acids is 2. The molecule has 0 spiro atoms. The number of aliphatic carboxylic acids is 1. The Hall–Kier alpha value is -1.85. The van der Waals surface area contributed by atoms with E-state index in [1.165, 1.54) is 0 Å². The molecule has 1 N–H and O–H groups in total. The molecular weight excluding hydrogens is 192 g/mol. The minimum Gasteiger partial charge on any atom is -0.481 e. The van der Waals surface area contributed by atoms with E-state index in [4.69, 9.17) is 5.11 Å². The number of methoxy groups -OCH3 is 1. The highest BCUT2D eigenvalue weighted by Gasteiger charge is 2.10. The third-order valence-corrected chi connectivity index (χ3v) is 1.08. The highest BCUT2D eigenvalue weighted by Crippen LogP contribution is 2.04. The van der Waals surface area contributed by atoms with Crippen molar-refractivity contribution in [1.29, 1.82) is 0 Å². The van der Waals surface area contributed by atoms with Crippen LogP contribution in [-0.4, -0.2) is 30.1 Å². The normalized spacial score (nSPS) is 10.6. The van der Waals surface area contributed by atoms with Gasteiger partial charge in [-0.2, -0.15) is 0 Å². The minimum atomic E-state index is -1.21. The molecule has 0 aromatic rings. The molecule has 0 saturated carbocycles. The monoisotopic (exact) mass is 202 g/mol. The van der Waals surface area contributed by atoms with Crippen LogP contribution in [0, 0.1) is 0 Å². The van der Waals surface area contributed by atoms with Crippen molar-refractivity contribution in [2.75, 3.05) is 7.11 Å². The zero-order chi connectivity index (χ0) is 11.1. The van der Waals surface area contributed by atoms with Gasteiger partial charge in [0.05, 0.1) is 13.2 Å². The maximum absolute atomic E-state index is 10.7. The smallest absolute Gasteiger partial charge is 0.333 e. The van der Waals surface area contributed by atoms with Crippen molar-refractivity contribution in [3.63, 3.8) is 0 Å². The Balaban J connectivity index is 4.53. The summed E-state index contributed by atoms with van der Waals surface area (Å²) < 4.78 is 8.72. The summed E-state index contributed by atoms with van der Waals surface area (Å²) in [7, 11) is 1.13. The Labute approximate surface area is 80.1 Å². The van der Waals surface area contributed by atoms with Crippen molar-refractivity contribution in [3.8, 4) is 0 Å². The average molecular weight is 202 g/mol. The molecule has 14 heavy (non-hydrogen) atoms. The third-order valence-electron chi connectivity index (χ3n) is 1.08. The number of rotatable bonds is 4. The second-order valence-corrected chi connectivity index (χ2v) is 2.30. The van der Waals surface area contributed by atoms with Crippen LogP contribution in [0.3, 0.4) is 0 Å². The Morgan fingerprint density at radius 2 is 1.93 bits per heavy atom. The Kier molecular flexibility index (Phi) is 4.98. The molecule has 0 rings (SSSR count). The molecule has 0 unspecified atom stereocenters. The van der Waals surface area contributed by atoms with Gasteiger partial charge in [0.2, 0.25) is 0 Å². The van der Waals surface area contributed by atoms with Crippen LogP contribution in [0.5, 0.6) is 0 Å². The lowest BCUT2D eigenvalue weighted by Crippen LogP contribution is -2.07. The number of carbonyl (C=O) groups is 3. The van der Waals surface area contributed by atoms with Gasteiger partial charge in [-0.25, -0.2) is 4.79 Å². The molecule has 0 aromatic heterocycles. The fourth-order valence-electron chi connectivity index (χ4n) is 0.641. The molecule has 6 nitrogen and oxygen atoms in total. The quantitative estimate of drug-likeness (QED) is 0.394. The fraction of sp³-hybridized carbons (Fsp3) is 0.375. The van der Waals surface area contributed by atoms with Gasteiger partial charge in [-0.3, -0.25) is 9.59 Å². The number of ether oxygens (including phenoxy) is 2. The lowest BCUT2D eigenvalue weighted by atomic mass is 10.3. The van der Waals surface area contributed by atoms with Gasteiger partial charge < -0.3 is 14.6 Å². The molecule has 0 aliphatic rings. The highest BCUT2D eigenvalue weighted by atomic mass is 16.5. The van der Waals surface area contributed by atoms with Gasteiger partial charge in [0.1, 0.15) is 12.2 Å². The van der Waals surface area contributed by atoms with Gasteiger partial charge in [-0.15, -0.1) is 0 Å². The van der Waals surface area contributed by atoms with Gasteiger partial charge in [0, 0.05) is 6.92 Å². The maximum Gasteiger partial charge on any atom is 0.333 e. The summed E-state index contributed by atoms with van der Waals surface area (Å²) in [4.78, 5) is 31.5. The summed E-state index contributed by atoms with van der Waals surface area (Å²) in [6.07, 6.45) is 0.268. The van der Waals surface area contributed by atoms with E-state index in [0.717, 1.165) is 20.1 Å². The first-order chi connectivity index (χ1) is 6.45. The molecule has 0 aliphatic heterocycles. The van der Waals surface area contributed by atoms with Crippen molar-refractivity contribution in [3.05, 3.63) is 11.8 Å². The minimum absolute atomic E-state index is 0.253. The summed E-state index contributed by atoms with van der Waals surface area (Å²) in [5, 5.41) is 8.40. The van der Waals surface area contributed by atoms with E-state index in [0.29, 0.717) is 0 Å². The lowest BCUT2D eigenvalue weighted by molar-refractivity contribution is -0.140. The van der Waals surface area contributed by atoms with Crippen molar-refractivity contribution < 1.29 is 29.0 Å². The van der Waals surface area contributed by atoms with Crippen molar-refractivity contribution >= 4 is 17.9 Å². The van der Waals surface area contributed by atoms with Crippen LogP contribution in [0.25, 0.3) is 0 Å². The summed E-state index contributed by atoms with van der Waals surface area (Å²) in [6.45, 7) is 1.10. The molecule has 0 atom stereocenters. The van der Waals surface area contributed by atoms with E-state index >= 15 is 0 Å². The van der Waals surface area contributed by atoms with Crippen LogP contribution in [-0.2, 0) is 23.9 Å². The molecule has 78 valence electrons. The number of esters is 2. The SMILES string of the molecule is COC(=O)/C=C(/CC(=O)O)OC(C)=O. The van der Waals surface area contributed by atoms with E-state index in [1.807, 2.05) is 0 Å². The number of hydrogen-bond donors (Lipinski definition) is 1. The van der Waals surface area contributed by atoms with Crippen molar-refractivity contribution in [1.82, 2.24) is 0 Å². The second-order valence-electron chi connectivity index (χ2n) is 2.30. The van der Waals surface area contributed by atoms with Crippen LogP contribution in [0.15, 0.2) is 11.8 Å². The summed E-state index contributed by atoms with van der Waals surface area (Å²) in [5.41, 5.74) is 0. The third kappa shape index (κ3) is 5.76. The van der Waals surface area contributed by atoms with E-state index in [2.05, 4.69) is 9.47 Å². The van der Waals surface area contributed by atoms with Crippen LogP contribution in [0.2, 0.25) is 0 Å². The number of carboxylic acid groups (broad SMARTS) is 1. The molecule has 0 saturated heterocycles. The maximum atomic E-state index is 10.7. The standard InChI is InChI=1S/C8H10O6/c1-5(9)14-6(3-7(10)11)4-8(12)13-2/h4H,3H2,1-2H3,(H,10,11)/b6-4-. The van der Waals surface area contributed by atoms with Gasteiger partial charge in [0.15, 0.2) is 0 Å². The predicted molar refractivity (Wildman–Crippen MR) is 44.1 cm³/mol. The van der Waals surface area contributed by atoms with Crippen molar-refractivity contribution in [2.45, 2.75) is 13.3 Å². The van der Waals surface area contributed by atoms with E-state index < -0.39 is 24.3 Å². The average Bonchev–Trinajstić information content (AvgIpc) is 2.01. The first-order valence-corrected chi connectivity index (χ1v) is 3.64. The van der Waals surface area contributed by atoms with E-state index in [1.54, 1.807) is 0 Å². The zero-order valence-corrected chi connectivity index (χ0v) is 7.77. The first-order valence-electron chi connectivity index (χ1n) is 3.64. The van der Waals surface area contributed by atoms with Gasteiger partial charge in [-0.05, 0) is 0 Å². The molecule has 0 aromatic carbocycles. The highest BCUT2D eigenvalue weighted by molar-refractivity contribution is 5.84. The molecule has 0 aliphatic carbocycles. The molecule has 0 amide bonds. The molecule has 0 radical (unpaired) electrons. The predicted octanol–water partition coefficient (Wildman–Crippen LogP) is 0.0811. The van der Waals surface area contributed by atoms with E-state index in [9.17, 15) is 14.4 Å². The van der Waals surface area contributed by atoms with E-state index in [-0.39, 0.29) is 5.76 Å². The van der Waals surface area contributed by atoms with Crippen LogP contribution >= 0.6 is 0 Å².